The number of aliphatic hydroxyl groups is 1. The second kappa shape index (κ2) is 6.98. The van der Waals surface area contributed by atoms with Crippen molar-refractivity contribution in [2.24, 2.45) is 0 Å². The van der Waals surface area contributed by atoms with Gasteiger partial charge in [-0.15, -0.1) is 0 Å². The summed E-state index contributed by atoms with van der Waals surface area (Å²) in [6.07, 6.45) is 5.30. The van der Waals surface area contributed by atoms with E-state index in [4.69, 9.17) is 4.74 Å². The van der Waals surface area contributed by atoms with Crippen molar-refractivity contribution in [2.45, 2.75) is 12.6 Å². The molecule has 6 heteroatoms. The first-order chi connectivity index (χ1) is 9.35. The molecule has 2 aromatic rings. The lowest BCUT2D eigenvalue weighted by Gasteiger charge is -2.15. The molecular formula is C13H18N4O2. The lowest BCUT2D eigenvalue weighted by atomic mass is 10.1. The molecule has 0 saturated heterocycles. The zero-order valence-electron chi connectivity index (χ0n) is 10.8. The van der Waals surface area contributed by atoms with E-state index in [2.05, 4.69) is 20.5 Å². The van der Waals surface area contributed by atoms with Crippen LogP contribution in [0.15, 0.2) is 30.7 Å². The fourth-order valence-electron chi connectivity index (χ4n) is 1.84. The number of H-pyrrole nitrogens is 1. The van der Waals surface area contributed by atoms with Crippen LogP contribution in [-0.4, -0.2) is 46.7 Å². The van der Waals surface area contributed by atoms with E-state index in [-0.39, 0.29) is 12.6 Å². The number of aromatic amines is 1. The van der Waals surface area contributed by atoms with Gasteiger partial charge in [0.15, 0.2) is 0 Å². The van der Waals surface area contributed by atoms with Gasteiger partial charge in [0.1, 0.15) is 0 Å². The molecule has 3 N–H and O–H groups in total. The third-order valence-corrected chi connectivity index (χ3v) is 2.84. The smallest absolute Gasteiger partial charge is 0.0710 e. The van der Waals surface area contributed by atoms with Gasteiger partial charge in [0, 0.05) is 37.2 Å². The van der Waals surface area contributed by atoms with E-state index in [0.29, 0.717) is 13.2 Å². The van der Waals surface area contributed by atoms with E-state index in [1.807, 2.05) is 12.1 Å². The summed E-state index contributed by atoms with van der Waals surface area (Å²) in [6.45, 7) is 1.11. The summed E-state index contributed by atoms with van der Waals surface area (Å²) in [7, 11) is 1.61. The molecule has 0 aliphatic carbocycles. The van der Waals surface area contributed by atoms with Gasteiger partial charge in [-0.05, 0) is 12.1 Å². The Hall–Kier alpha value is -1.76. The minimum absolute atomic E-state index is 0.0356. The van der Waals surface area contributed by atoms with E-state index in [1.54, 1.807) is 25.7 Å². The lowest BCUT2D eigenvalue weighted by molar-refractivity contribution is 0.128. The van der Waals surface area contributed by atoms with Crippen molar-refractivity contribution in [3.8, 4) is 11.3 Å². The van der Waals surface area contributed by atoms with Crippen LogP contribution in [0.1, 0.15) is 5.56 Å². The van der Waals surface area contributed by atoms with E-state index >= 15 is 0 Å². The molecule has 0 radical (unpaired) electrons. The van der Waals surface area contributed by atoms with Crippen LogP contribution >= 0.6 is 0 Å². The molecule has 0 aliphatic rings. The van der Waals surface area contributed by atoms with Crippen LogP contribution in [0.25, 0.3) is 11.3 Å². The molecule has 19 heavy (non-hydrogen) atoms. The Morgan fingerprint density at radius 2 is 2.37 bits per heavy atom. The highest BCUT2D eigenvalue weighted by molar-refractivity contribution is 5.61. The molecule has 2 aromatic heterocycles. The number of nitrogens with zero attached hydrogens (tertiary/aromatic N) is 2. The van der Waals surface area contributed by atoms with Crippen LogP contribution in [0.2, 0.25) is 0 Å². The largest absolute Gasteiger partial charge is 0.395 e. The van der Waals surface area contributed by atoms with Crippen molar-refractivity contribution in [3.05, 3.63) is 36.3 Å². The van der Waals surface area contributed by atoms with Gasteiger partial charge in [-0.25, -0.2) is 0 Å². The van der Waals surface area contributed by atoms with Gasteiger partial charge < -0.3 is 15.2 Å². The molecule has 0 saturated carbocycles. The van der Waals surface area contributed by atoms with Gasteiger partial charge >= 0.3 is 0 Å². The highest BCUT2D eigenvalue weighted by Gasteiger charge is 2.10. The number of aromatic nitrogens is 3. The van der Waals surface area contributed by atoms with Crippen LogP contribution in [0.4, 0.5) is 0 Å². The maximum absolute atomic E-state index is 9.20. The molecule has 0 spiro atoms. The van der Waals surface area contributed by atoms with Crippen molar-refractivity contribution in [3.63, 3.8) is 0 Å². The SMILES string of the molecule is COCC(CO)NCc1cn[nH]c1-c1cccnc1. The summed E-state index contributed by atoms with van der Waals surface area (Å²) < 4.78 is 5.02. The zero-order chi connectivity index (χ0) is 13.5. The molecule has 2 rings (SSSR count). The number of rotatable bonds is 7. The lowest BCUT2D eigenvalue weighted by Crippen LogP contribution is -2.35. The summed E-state index contributed by atoms with van der Waals surface area (Å²) in [4.78, 5) is 4.09. The predicted molar refractivity (Wildman–Crippen MR) is 71.4 cm³/mol. The van der Waals surface area contributed by atoms with Gasteiger partial charge in [0.05, 0.1) is 31.1 Å². The van der Waals surface area contributed by atoms with Crippen LogP contribution < -0.4 is 5.32 Å². The topological polar surface area (TPSA) is 83.1 Å². The monoisotopic (exact) mass is 262 g/mol. The predicted octanol–water partition coefficient (Wildman–Crippen LogP) is 0.569. The molecule has 1 atom stereocenters. The molecule has 0 aromatic carbocycles. The van der Waals surface area contributed by atoms with Crippen molar-refractivity contribution in [2.75, 3.05) is 20.3 Å². The fourth-order valence-corrected chi connectivity index (χ4v) is 1.84. The summed E-state index contributed by atoms with van der Waals surface area (Å²) in [6, 6.07) is 3.78. The van der Waals surface area contributed by atoms with Crippen molar-refractivity contribution < 1.29 is 9.84 Å². The number of nitrogens with one attached hydrogen (secondary N) is 2. The first kappa shape index (κ1) is 13.7. The average molecular weight is 262 g/mol. The fraction of sp³-hybridized carbons (Fsp3) is 0.385. The van der Waals surface area contributed by atoms with E-state index < -0.39 is 0 Å². The Kier molecular flexibility index (Phi) is 5.02. The summed E-state index contributed by atoms with van der Waals surface area (Å²) >= 11 is 0. The molecule has 0 amide bonds. The zero-order valence-corrected chi connectivity index (χ0v) is 10.8. The minimum atomic E-state index is -0.0818. The second-order valence-corrected chi connectivity index (χ2v) is 4.23. The van der Waals surface area contributed by atoms with E-state index in [1.165, 1.54) is 0 Å². The van der Waals surface area contributed by atoms with Gasteiger partial charge in [-0.3, -0.25) is 10.1 Å². The van der Waals surface area contributed by atoms with Crippen LogP contribution in [-0.2, 0) is 11.3 Å². The molecule has 6 nitrogen and oxygen atoms in total. The van der Waals surface area contributed by atoms with Gasteiger partial charge in [0.25, 0.3) is 0 Å². The van der Waals surface area contributed by atoms with Gasteiger partial charge in [-0.2, -0.15) is 5.10 Å². The standard InChI is InChI=1S/C13H18N4O2/c1-19-9-12(8-18)15-6-11-7-16-17-13(11)10-3-2-4-14-5-10/h2-5,7,12,15,18H,6,8-9H2,1H3,(H,16,17). The molecule has 0 aliphatic heterocycles. The van der Waals surface area contributed by atoms with E-state index in [0.717, 1.165) is 16.8 Å². The second-order valence-electron chi connectivity index (χ2n) is 4.23. The quantitative estimate of drug-likeness (QED) is 0.679. The summed E-state index contributed by atoms with van der Waals surface area (Å²) in [5.41, 5.74) is 2.96. The van der Waals surface area contributed by atoms with Gasteiger partial charge in [-0.1, -0.05) is 0 Å². The summed E-state index contributed by atoms with van der Waals surface area (Å²) in [5, 5.41) is 19.5. The van der Waals surface area contributed by atoms with Gasteiger partial charge in [0.2, 0.25) is 0 Å². The van der Waals surface area contributed by atoms with Crippen LogP contribution in [0, 0.1) is 0 Å². The molecule has 0 bridgehead atoms. The number of pyridine rings is 1. The summed E-state index contributed by atoms with van der Waals surface area (Å²) in [5.74, 6) is 0. The molecule has 2 heterocycles. The molecule has 1 unspecified atom stereocenters. The number of aliphatic hydroxyl groups excluding tert-OH is 1. The third-order valence-electron chi connectivity index (χ3n) is 2.84. The average Bonchev–Trinajstić information content (AvgIpc) is 2.93. The van der Waals surface area contributed by atoms with Crippen LogP contribution in [0.3, 0.4) is 0 Å². The number of methoxy groups -OCH3 is 1. The minimum Gasteiger partial charge on any atom is -0.395 e. The molecule has 102 valence electrons. The molecule has 0 fully saturated rings. The Bertz CT molecular complexity index is 486. The molecular weight excluding hydrogens is 244 g/mol. The van der Waals surface area contributed by atoms with Crippen LogP contribution in [0.5, 0.6) is 0 Å². The maximum Gasteiger partial charge on any atom is 0.0710 e. The Morgan fingerprint density at radius 3 is 3.05 bits per heavy atom. The number of ether oxygens (including phenoxy) is 1. The number of hydrogen-bond acceptors (Lipinski definition) is 5. The Morgan fingerprint density at radius 1 is 1.47 bits per heavy atom. The maximum atomic E-state index is 9.20. The first-order valence-electron chi connectivity index (χ1n) is 6.11. The Labute approximate surface area is 111 Å². The third kappa shape index (κ3) is 3.60. The van der Waals surface area contributed by atoms with Crippen molar-refractivity contribution in [1.82, 2.24) is 20.5 Å². The Balaban J connectivity index is 2.04. The highest BCUT2D eigenvalue weighted by atomic mass is 16.5. The normalized spacial score (nSPS) is 12.5. The first-order valence-corrected chi connectivity index (χ1v) is 6.11. The number of hydrogen-bond donors (Lipinski definition) is 3. The highest BCUT2D eigenvalue weighted by Crippen LogP contribution is 2.19. The van der Waals surface area contributed by atoms with E-state index in [9.17, 15) is 5.11 Å². The van der Waals surface area contributed by atoms with Crippen molar-refractivity contribution in [1.29, 1.82) is 0 Å². The van der Waals surface area contributed by atoms with Crippen molar-refractivity contribution >= 4 is 0 Å².